The first-order valence-electron chi connectivity index (χ1n) is 7.95. The molecule has 0 aliphatic carbocycles. The van der Waals surface area contributed by atoms with Gasteiger partial charge in [0.1, 0.15) is 11.4 Å². The first-order chi connectivity index (χ1) is 13.0. The lowest BCUT2D eigenvalue weighted by molar-refractivity contribution is -0.125. The van der Waals surface area contributed by atoms with Gasteiger partial charge in [-0.05, 0) is 37.3 Å². The van der Waals surface area contributed by atoms with E-state index in [-0.39, 0.29) is 11.3 Å². The lowest BCUT2D eigenvalue weighted by Crippen LogP contribution is -2.43. The van der Waals surface area contributed by atoms with Crippen molar-refractivity contribution in [2.24, 2.45) is 0 Å². The van der Waals surface area contributed by atoms with Gasteiger partial charge < -0.3 is 9.15 Å². The minimum absolute atomic E-state index is 0.0133. The summed E-state index contributed by atoms with van der Waals surface area (Å²) in [5.74, 6) is -2.64. The number of furan rings is 1. The normalized spacial score (nSPS) is 10.4. The Balaban J connectivity index is 1.52. The number of benzene rings is 2. The van der Waals surface area contributed by atoms with Crippen LogP contribution in [0.25, 0.3) is 11.0 Å². The number of nitrogens with one attached hydrogen (secondary N) is 2. The fourth-order valence-electron chi connectivity index (χ4n) is 2.40. The molecule has 0 spiro atoms. The van der Waals surface area contributed by atoms with Crippen molar-refractivity contribution in [2.45, 2.75) is 6.92 Å². The molecule has 0 radical (unpaired) electrons. The van der Waals surface area contributed by atoms with Gasteiger partial charge in [0.25, 0.3) is 11.8 Å². The fraction of sp³-hybridized carbons (Fsp3) is 0.105. The standard InChI is InChI=1S/C19H15FN2O5/c1-11-14-4-2-3-5-15(14)27-17(11)19(25)26-10-16(23)21-22-18(24)12-6-8-13(20)9-7-12/h2-9H,10H2,1H3,(H,21,23)(H,22,24). The average Bonchev–Trinajstić information content (AvgIpc) is 3.02. The van der Waals surface area contributed by atoms with Crippen LogP contribution in [0, 0.1) is 12.7 Å². The van der Waals surface area contributed by atoms with Crippen LogP contribution in [0.5, 0.6) is 0 Å². The summed E-state index contributed by atoms with van der Waals surface area (Å²) < 4.78 is 23.2. The minimum atomic E-state index is -0.788. The van der Waals surface area contributed by atoms with Crippen LogP contribution in [0.4, 0.5) is 4.39 Å². The molecule has 0 fully saturated rings. The van der Waals surface area contributed by atoms with Crippen LogP contribution in [0.15, 0.2) is 52.9 Å². The molecule has 138 valence electrons. The van der Waals surface area contributed by atoms with Crippen molar-refractivity contribution in [3.05, 3.63) is 71.2 Å². The highest BCUT2D eigenvalue weighted by molar-refractivity contribution is 5.97. The van der Waals surface area contributed by atoms with Gasteiger partial charge in [-0.1, -0.05) is 18.2 Å². The topological polar surface area (TPSA) is 97.6 Å². The molecule has 8 heteroatoms. The van der Waals surface area contributed by atoms with Crippen LogP contribution in [-0.2, 0) is 9.53 Å². The molecule has 3 rings (SSSR count). The molecule has 27 heavy (non-hydrogen) atoms. The third kappa shape index (κ3) is 4.12. The van der Waals surface area contributed by atoms with Gasteiger partial charge in [-0.15, -0.1) is 0 Å². The first-order valence-corrected chi connectivity index (χ1v) is 7.95. The predicted octanol–water partition coefficient (Wildman–Crippen LogP) is 2.50. The summed E-state index contributed by atoms with van der Waals surface area (Å²) in [5.41, 5.74) is 5.55. The Morgan fingerprint density at radius 3 is 2.44 bits per heavy atom. The van der Waals surface area contributed by atoms with Crippen molar-refractivity contribution < 1.29 is 27.9 Å². The number of carbonyl (C=O) groups excluding carboxylic acids is 3. The van der Waals surface area contributed by atoms with E-state index in [4.69, 9.17) is 9.15 Å². The van der Waals surface area contributed by atoms with Crippen LogP contribution in [0.1, 0.15) is 26.5 Å². The molecule has 0 bridgehead atoms. The molecule has 0 saturated heterocycles. The molecule has 1 heterocycles. The summed E-state index contributed by atoms with van der Waals surface area (Å²) in [4.78, 5) is 35.6. The highest BCUT2D eigenvalue weighted by atomic mass is 19.1. The molecule has 0 unspecified atom stereocenters. The molecule has 0 atom stereocenters. The number of esters is 1. The van der Waals surface area contributed by atoms with E-state index in [0.717, 1.165) is 17.5 Å². The Morgan fingerprint density at radius 2 is 1.74 bits per heavy atom. The molecule has 1 aromatic heterocycles. The average molecular weight is 370 g/mol. The number of halogens is 1. The number of fused-ring (bicyclic) bond motifs is 1. The van der Waals surface area contributed by atoms with Gasteiger partial charge in [-0.3, -0.25) is 20.4 Å². The first kappa shape index (κ1) is 18.1. The second kappa shape index (κ2) is 7.69. The SMILES string of the molecule is Cc1c(C(=O)OCC(=O)NNC(=O)c2ccc(F)cc2)oc2ccccc12. The summed E-state index contributed by atoms with van der Waals surface area (Å²) in [6, 6.07) is 11.9. The summed E-state index contributed by atoms with van der Waals surface area (Å²) in [7, 11) is 0. The van der Waals surface area contributed by atoms with Crippen LogP contribution in [-0.4, -0.2) is 24.4 Å². The van der Waals surface area contributed by atoms with Crippen molar-refractivity contribution in [3.63, 3.8) is 0 Å². The molecule has 2 aromatic carbocycles. The number of amides is 2. The van der Waals surface area contributed by atoms with Crippen molar-refractivity contribution in [2.75, 3.05) is 6.61 Å². The lowest BCUT2D eigenvalue weighted by Gasteiger charge is -2.07. The Labute approximate surface area is 153 Å². The summed E-state index contributed by atoms with van der Waals surface area (Å²) in [5, 5.41) is 0.778. The van der Waals surface area contributed by atoms with E-state index in [9.17, 15) is 18.8 Å². The zero-order chi connectivity index (χ0) is 19.4. The minimum Gasteiger partial charge on any atom is -0.450 e. The highest BCUT2D eigenvalue weighted by Gasteiger charge is 2.20. The molecule has 0 saturated carbocycles. The van der Waals surface area contributed by atoms with Crippen molar-refractivity contribution in [3.8, 4) is 0 Å². The Kier molecular flexibility index (Phi) is 5.16. The second-order valence-corrected chi connectivity index (χ2v) is 5.64. The zero-order valence-corrected chi connectivity index (χ0v) is 14.2. The highest BCUT2D eigenvalue weighted by Crippen LogP contribution is 2.25. The van der Waals surface area contributed by atoms with Gasteiger partial charge in [-0.25, -0.2) is 9.18 Å². The van der Waals surface area contributed by atoms with Crippen LogP contribution >= 0.6 is 0 Å². The van der Waals surface area contributed by atoms with Gasteiger partial charge in [0.05, 0.1) is 0 Å². The number of aryl methyl sites for hydroxylation is 1. The molecule has 2 amide bonds. The molecular formula is C19H15FN2O5. The predicted molar refractivity (Wildman–Crippen MR) is 93.2 cm³/mol. The fourth-order valence-corrected chi connectivity index (χ4v) is 2.40. The molecule has 2 N–H and O–H groups in total. The molecular weight excluding hydrogens is 355 g/mol. The third-order valence-corrected chi connectivity index (χ3v) is 3.79. The molecule has 7 nitrogen and oxygen atoms in total. The van der Waals surface area contributed by atoms with Crippen LogP contribution in [0.2, 0.25) is 0 Å². The van der Waals surface area contributed by atoms with E-state index in [1.54, 1.807) is 19.1 Å². The van der Waals surface area contributed by atoms with Gasteiger partial charge in [0.15, 0.2) is 6.61 Å². The smallest absolute Gasteiger partial charge is 0.375 e. The van der Waals surface area contributed by atoms with Gasteiger partial charge in [0.2, 0.25) is 5.76 Å². The van der Waals surface area contributed by atoms with E-state index in [2.05, 4.69) is 10.9 Å². The molecule has 3 aromatic rings. The van der Waals surface area contributed by atoms with E-state index in [1.807, 2.05) is 12.1 Å². The van der Waals surface area contributed by atoms with E-state index in [0.29, 0.717) is 11.1 Å². The van der Waals surface area contributed by atoms with Crippen molar-refractivity contribution >= 4 is 28.8 Å². The maximum absolute atomic E-state index is 12.8. The quantitative estimate of drug-likeness (QED) is 0.543. The Morgan fingerprint density at radius 1 is 1.04 bits per heavy atom. The molecule has 0 aliphatic heterocycles. The molecule has 0 aliphatic rings. The number of rotatable bonds is 4. The maximum atomic E-state index is 12.8. The van der Waals surface area contributed by atoms with Gasteiger partial charge in [-0.2, -0.15) is 0 Å². The Hall–Kier alpha value is -3.68. The van der Waals surface area contributed by atoms with Gasteiger partial charge in [0, 0.05) is 16.5 Å². The van der Waals surface area contributed by atoms with Crippen LogP contribution < -0.4 is 10.9 Å². The van der Waals surface area contributed by atoms with Crippen molar-refractivity contribution in [1.82, 2.24) is 10.9 Å². The number of carbonyl (C=O) groups is 3. The monoisotopic (exact) mass is 370 g/mol. The number of hydrogen-bond acceptors (Lipinski definition) is 5. The van der Waals surface area contributed by atoms with Crippen molar-refractivity contribution in [1.29, 1.82) is 0 Å². The number of para-hydroxylation sites is 1. The van der Waals surface area contributed by atoms with Crippen LogP contribution in [0.3, 0.4) is 0 Å². The Bertz CT molecular complexity index is 1010. The summed E-state index contributed by atoms with van der Waals surface area (Å²) >= 11 is 0. The third-order valence-electron chi connectivity index (χ3n) is 3.79. The zero-order valence-electron chi connectivity index (χ0n) is 14.2. The number of ether oxygens (including phenoxy) is 1. The van der Waals surface area contributed by atoms with E-state index >= 15 is 0 Å². The van der Waals surface area contributed by atoms with E-state index in [1.165, 1.54) is 12.1 Å². The van der Waals surface area contributed by atoms with Gasteiger partial charge >= 0.3 is 5.97 Å². The lowest BCUT2D eigenvalue weighted by atomic mass is 10.1. The largest absolute Gasteiger partial charge is 0.450 e. The maximum Gasteiger partial charge on any atom is 0.375 e. The second-order valence-electron chi connectivity index (χ2n) is 5.64. The summed E-state index contributed by atoms with van der Waals surface area (Å²) in [6.45, 7) is 1.10. The summed E-state index contributed by atoms with van der Waals surface area (Å²) in [6.07, 6.45) is 0. The van der Waals surface area contributed by atoms with E-state index < -0.39 is 30.2 Å². The number of hydrazine groups is 1. The number of hydrogen-bond donors (Lipinski definition) is 2.